The number of aromatic nitrogens is 4. The molecule has 0 aliphatic heterocycles. The van der Waals surface area contributed by atoms with Gasteiger partial charge in [0, 0.05) is 71.2 Å². The molecular formula is C61H36N4O2. The highest BCUT2D eigenvalue weighted by Crippen LogP contribution is 2.43. The summed E-state index contributed by atoms with van der Waals surface area (Å²) in [5, 5.41) is 9.06. The Morgan fingerprint density at radius 3 is 1.66 bits per heavy atom. The van der Waals surface area contributed by atoms with Gasteiger partial charge in [-0.25, -0.2) is 15.0 Å². The fourth-order valence-electron chi connectivity index (χ4n) is 10.1. The summed E-state index contributed by atoms with van der Waals surface area (Å²) in [4.78, 5) is 15.5. The van der Waals surface area contributed by atoms with E-state index in [-0.39, 0.29) is 0 Å². The average Bonchev–Trinajstić information content (AvgIpc) is 4.08. The van der Waals surface area contributed by atoms with Crippen LogP contribution in [0.5, 0.6) is 0 Å². The summed E-state index contributed by atoms with van der Waals surface area (Å²) in [5.41, 5.74) is 13.7. The van der Waals surface area contributed by atoms with Crippen LogP contribution in [0.1, 0.15) is 0 Å². The highest BCUT2D eigenvalue weighted by atomic mass is 16.3. The third-order valence-electron chi connectivity index (χ3n) is 13.2. The van der Waals surface area contributed by atoms with Crippen LogP contribution in [0.25, 0.3) is 139 Å². The first kappa shape index (κ1) is 37.3. The Hall–Kier alpha value is -9.13. The third-order valence-corrected chi connectivity index (χ3v) is 13.2. The van der Waals surface area contributed by atoms with Gasteiger partial charge in [0.25, 0.3) is 0 Å². The van der Waals surface area contributed by atoms with Gasteiger partial charge in [0.15, 0.2) is 17.5 Å². The van der Waals surface area contributed by atoms with Crippen LogP contribution in [-0.4, -0.2) is 19.5 Å². The summed E-state index contributed by atoms with van der Waals surface area (Å²) in [7, 11) is 0. The number of rotatable bonds is 6. The topological polar surface area (TPSA) is 69.9 Å². The minimum absolute atomic E-state index is 0.569. The summed E-state index contributed by atoms with van der Waals surface area (Å²) in [6.07, 6.45) is 0. The van der Waals surface area contributed by atoms with Crippen molar-refractivity contribution >= 4 is 76.5 Å². The number of benzene rings is 10. The molecule has 0 aliphatic carbocycles. The Labute approximate surface area is 383 Å². The first-order valence-corrected chi connectivity index (χ1v) is 22.5. The van der Waals surface area contributed by atoms with E-state index in [9.17, 15) is 0 Å². The molecule has 0 bridgehead atoms. The molecule has 0 unspecified atom stereocenters. The van der Waals surface area contributed by atoms with Gasteiger partial charge in [0.1, 0.15) is 22.3 Å². The molecule has 0 saturated heterocycles. The van der Waals surface area contributed by atoms with Crippen LogP contribution in [-0.2, 0) is 0 Å². The molecule has 0 aliphatic rings. The smallest absolute Gasteiger partial charge is 0.164 e. The van der Waals surface area contributed by atoms with Crippen molar-refractivity contribution in [2.45, 2.75) is 0 Å². The van der Waals surface area contributed by atoms with Crippen LogP contribution in [0, 0.1) is 0 Å². The Bertz CT molecular complexity index is 4290. The normalized spacial score (nSPS) is 11.9. The molecule has 4 heterocycles. The molecule has 14 rings (SSSR count). The Morgan fingerprint density at radius 2 is 0.836 bits per heavy atom. The zero-order valence-electron chi connectivity index (χ0n) is 35.9. The van der Waals surface area contributed by atoms with Crippen molar-refractivity contribution in [2.75, 3.05) is 0 Å². The molecule has 14 aromatic rings. The van der Waals surface area contributed by atoms with Crippen LogP contribution in [0.4, 0.5) is 0 Å². The summed E-state index contributed by atoms with van der Waals surface area (Å²) in [6.45, 7) is 0. The summed E-state index contributed by atoms with van der Waals surface area (Å²) < 4.78 is 15.3. The van der Waals surface area contributed by atoms with Gasteiger partial charge in [-0.05, 0) is 59.0 Å². The molecule has 0 N–H and O–H groups in total. The van der Waals surface area contributed by atoms with Crippen molar-refractivity contribution in [3.63, 3.8) is 0 Å². The SMILES string of the molecule is c1ccc(-c2nc(-c3cccc(-n4c5c(-c6cccc(-c7cccc8c7oc7ccccc78)c6)cccc5c5ccc6ccccc6c54)c3)nc(-c3ccc4c(c3)oc3ccccc34)n2)cc1. The molecule has 67 heavy (non-hydrogen) atoms. The highest BCUT2D eigenvalue weighted by molar-refractivity contribution is 6.21. The van der Waals surface area contributed by atoms with Gasteiger partial charge in [-0.3, -0.25) is 0 Å². The van der Waals surface area contributed by atoms with E-state index in [0.717, 1.165) is 99.5 Å². The van der Waals surface area contributed by atoms with Gasteiger partial charge in [0.2, 0.25) is 0 Å². The molecule has 0 radical (unpaired) electrons. The van der Waals surface area contributed by atoms with Crippen molar-refractivity contribution < 1.29 is 8.83 Å². The molecule has 4 aromatic heterocycles. The van der Waals surface area contributed by atoms with Gasteiger partial charge in [-0.15, -0.1) is 0 Å². The molecule has 10 aromatic carbocycles. The lowest BCUT2D eigenvalue weighted by atomic mass is 9.96. The zero-order valence-corrected chi connectivity index (χ0v) is 35.9. The monoisotopic (exact) mass is 856 g/mol. The van der Waals surface area contributed by atoms with Crippen LogP contribution < -0.4 is 0 Å². The van der Waals surface area contributed by atoms with E-state index in [4.69, 9.17) is 23.8 Å². The van der Waals surface area contributed by atoms with Crippen molar-refractivity contribution in [3.05, 3.63) is 218 Å². The van der Waals surface area contributed by atoms with E-state index in [1.165, 1.54) is 21.5 Å². The van der Waals surface area contributed by atoms with Gasteiger partial charge in [-0.1, -0.05) is 176 Å². The molecule has 0 atom stereocenters. The minimum atomic E-state index is 0.569. The molecule has 0 amide bonds. The van der Waals surface area contributed by atoms with E-state index < -0.39 is 0 Å². The number of fused-ring (bicyclic) bond motifs is 11. The van der Waals surface area contributed by atoms with Crippen molar-refractivity contribution in [1.82, 2.24) is 19.5 Å². The summed E-state index contributed by atoms with van der Waals surface area (Å²) in [5.74, 6) is 1.74. The van der Waals surface area contributed by atoms with E-state index in [1.807, 2.05) is 66.7 Å². The maximum atomic E-state index is 6.53. The van der Waals surface area contributed by atoms with Crippen molar-refractivity contribution in [1.29, 1.82) is 0 Å². The summed E-state index contributed by atoms with van der Waals surface area (Å²) in [6, 6.07) is 76.4. The van der Waals surface area contributed by atoms with Crippen molar-refractivity contribution in [2.24, 2.45) is 0 Å². The van der Waals surface area contributed by atoms with E-state index in [0.29, 0.717) is 17.5 Å². The quantitative estimate of drug-likeness (QED) is 0.167. The van der Waals surface area contributed by atoms with Crippen LogP contribution in [0.3, 0.4) is 0 Å². The molecule has 312 valence electrons. The standard InChI is InChI=1S/C61H36N4O2/c1-2-15-38(16-3-1)59-62-60(64-61(63-59)42-31-32-49-47-22-6-8-28-53(47)66-55(49)36-42)41-19-11-20-43(35-41)65-56-44-21-5-4-14-37(44)30-33-51(56)50-26-12-24-45(57(50)65)39-17-10-18-40(34-39)46-25-13-27-52-48-23-7-9-29-54(48)67-58(46)52/h1-36H. The van der Waals surface area contributed by atoms with Crippen molar-refractivity contribution in [3.8, 4) is 62.1 Å². The largest absolute Gasteiger partial charge is 0.456 e. The number of nitrogens with zero attached hydrogens (tertiary/aromatic N) is 4. The second-order valence-corrected chi connectivity index (χ2v) is 17.1. The second-order valence-electron chi connectivity index (χ2n) is 17.1. The number of hydrogen-bond acceptors (Lipinski definition) is 5. The van der Waals surface area contributed by atoms with Gasteiger partial charge in [0.05, 0.1) is 11.0 Å². The molecule has 0 fully saturated rings. The van der Waals surface area contributed by atoms with E-state index in [1.54, 1.807) is 0 Å². The molecule has 0 saturated carbocycles. The maximum Gasteiger partial charge on any atom is 0.164 e. The lowest BCUT2D eigenvalue weighted by Gasteiger charge is -2.15. The van der Waals surface area contributed by atoms with Crippen LogP contribution >= 0.6 is 0 Å². The third kappa shape index (κ3) is 5.93. The first-order chi connectivity index (χ1) is 33.2. The van der Waals surface area contributed by atoms with Gasteiger partial charge < -0.3 is 13.4 Å². The van der Waals surface area contributed by atoms with Gasteiger partial charge in [-0.2, -0.15) is 0 Å². The van der Waals surface area contributed by atoms with Gasteiger partial charge >= 0.3 is 0 Å². The molecular weight excluding hydrogens is 821 g/mol. The predicted octanol–water partition coefficient (Wildman–Crippen LogP) is 16.3. The molecule has 6 nitrogen and oxygen atoms in total. The predicted molar refractivity (Wildman–Crippen MR) is 273 cm³/mol. The minimum Gasteiger partial charge on any atom is -0.456 e. The first-order valence-electron chi connectivity index (χ1n) is 22.5. The Balaban J connectivity index is 0.976. The lowest BCUT2D eigenvalue weighted by molar-refractivity contribution is 0.669. The number of hydrogen-bond donors (Lipinski definition) is 0. The highest BCUT2D eigenvalue weighted by Gasteiger charge is 2.21. The van der Waals surface area contributed by atoms with Crippen LogP contribution in [0.2, 0.25) is 0 Å². The Kier molecular flexibility index (Phi) is 8.18. The fraction of sp³-hybridized carbons (Fsp3) is 0. The number of furan rings is 2. The number of para-hydroxylation sites is 4. The molecule has 6 heteroatoms. The van der Waals surface area contributed by atoms with E-state index in [2.05, 4.69) is 156 Å². The zero-order chi connectivity index (χ0) is 44.0. The average molecular weight is 857 g/mol. The van der Waals surface area contributed by atoms with Crippen LogP contribution in [0.15, 0.2) is 227 Å². The Morgan fingerprint density at radius 1 is 0.299 bits per heavy atom. The summed E-state index contributed by atoms with van der Waals surface area (Å²) >= 11 is 0. The van der Waals surface area contributed by atoms with E-state index >= 15 is 0 Å². The lowest BCUT2D eigenvalue weighted by Crippen LogP contribution is -2.01. The fourth-order valence-corrected chi connectivity index (χ4v) is 10.1. The maximum absolute atomic E-state index is 6.53. The molecule has 0 spiro atoms. The second kappa shape index (κ2) is 14.7.